The van der Waals surface area contributed by atoms with Crippen molar-refractivity contribution in [1.82, 2.24) is 4.90 Å². The molecule has 0 radical (unpaired) electrons. The summed E-state index contributed by atoms with van der Waals surface area (Å²) >= 11 is 0. The molecule has 1 saturated heterocycles. The summed E-state index contributed by atoms with van der Waals surface area (Å²) in [7, 11) is 0. The number of halogens is 1. The predicted octanol–water partition coefficient (Wildman–Crippen LogP) is 5.76. The van der Waals surface area contributed by atoms with E-state index in [4.69, 9.17) is 9.15 Å². The Hall–Kier alpha value is -3.64. The van der Waals surface area contributed by atoms with E-state index in [9.17, 15) is 14.3 Å². The lowest BCUT2D eigenvalue weighted by Gasteiger charge is -2.26. The van der Waals surface area contributed by atoms with Gasteiger partial charge in [0.25, 0.3) is 0 Å². The van der Waals surface area contributed by atoms with Crippen LogP contribution >= 0.6 is 0 Å². The zero-order valence-corrected chi connectivity index (χ0v) is 19.5. The number of ether oxygens (including phenoxy) is 1. The second kappa shape index (κ2) is 10.3. The quantitative estimate of drug-likeness (QED) is 0.346. The van der Waals surface area contributed by atoms with E-state index in [1.54, 1.807) is 24.3 Å². The maximum Gasteiger partial charge on any atom is 0.344 e. The van der Waals surface area contributed by atoms with E-state index in [-0.39, 0.29) is 11.6 Å². The van der Waals surface area contributed by atoms with Gasteiger partial charge in [-0.25, -0.2) is 9.18 Å². The summed E-state index contributed by atoms with van der Waals surface area (Å²) < 4.78 is 25.0. The Morgan fingerprint density at radius 2 is 1.69 bits per heavy atom. The van der Waals surface area contributed by atoms with Gasteiger partial charge in [-0.1, -0.05) is 30.7 Å². The zero-order valence-electron chi connectivity index (χ0n) is 19.5. The number of aromatic hydroxyl groups is 1. The van der Waals surface area contributed by atoms with Crippen molar-refractivity contribution in [1.29, 1.82) is 0 Å². The average Bonchev–Trinajstić information content (AvgIpc) is 2.86. The Kier molecular flexibility index (Phi) is 6.82. The smallest absolute Gasteiger partial charge is 0.344 e. The van der Waals surface area contributed by atoms with Crippen LogP contribution in [-0.4, -0.2) is 36.2 Å². The minimum absolute atomic E-state index is 0.0205. The van der Waals surface area contributed by atoms with Gasteiger partial charge in [0, 0.05) is 18.0 Å². The fourth-order valence-electron chi connectivity index (χ4n) is 4.73. The van der Waals surface area contributed by atoms with Crippen molar-refractivity contribution in [3.63, 3.8) is 0 Å². The molecule has 6 heteroatoms. The van der Waals surface area contributed by atoms with E-state index >= 15 is 0 Å². The van der Waals surface area contributed by atoms with Crippen LogP contribution in [0.25, 0.3) is 22.1 Å². The van der Waals surface area contributed by atoms with Gasteiger partial charge < -0.3 is 14.3 Å². The molecule has 5 rings (SSSR count). The molecule has 1 aromatic heterocycles. The van der Waals surface area contributed by atoms with Gasteiger partial charge in [0.2, 0.25) is 0 Å². The fraction of sp³-hybridized carbons (Fsp3) is 0.276. The molecule has 180 valence electrons. The van der Waals surface area contributed by atoms with Crippen LogP contribution in [0, 0.1) is 5.82 Å². The molecular formula is C29H28FNO4. The number of nitrogens with zero attached hydrogens (tertiary/aromatic N) is 1. The van der Waals surface area contributed by atoms with Crippen LogP contribution < -0.4 is 10.4 Å². The fourth-order valence-corrected chi connectivity index (χ4v) is 4.73. The van der Waals surface area contributed by atoms with Crippen molar-refractivity contribution in [3.05, 3.63) is 94.1 Å². The lowest BCUT2D eigenvalue weighted by molar-refractivity contribution is 0.183. The maximum atomic E-state index is 13.5. The standard InChI is InChI=1S/C29H28FNO4/c30-22-8-6-21(7-9-22)28-26(25-13-10-23(32)19-27(25)35-29(28)33)18-20-4-11-24(12-5-20)34-17-16-31-14-2-1-3-15-31/h4-13,19,32H,1-3,14-18H2. The third-order valence-corrected chi connectivity index (χ3v) is 6.56. The van der Waals surface area contributed by atoms with E-state index in [0.717, 1.165) is 41.9 Å². The van der Waals surface area contributed by atoms with E-state index < -0.39 is 5.63 Å². The second-order valence-electron chi connectivity index (χ2n) is 9.00. The highest BCUT2D eigenvalue weighted by Gasteiger charge is 2.18. The molecule has 4 aromatic rings. The predicted molar refractivity (Wildman–Crippen MR) is 135 cm³/mol. The number of rotatable bonds is 7. The van der Waals surface area contributed by atoms with Crippen LogP contribution in [-0.2, 0) is 6.42 Å². The highest BCUT2D eigenvalue weighted by molar-refractivity contribution is 5.88. The van der Waals surface area contributed by atoms with Crippen LogP contribution in [0.1, 0.15) is 30.4 Å². The van der Waals surface area contributed by atoms with Gasteiger partial charge in [0.05, 0.1) is 5.56 Å². The third kappa shape index (κ3) is 5.38. The van der Waals surface area contributed by atoms with Gasteiger partial charge in [0.1, 0.15) is 29.5 Å². The summed E-state index contributed by atoms with van der Waals surface area (Å²) in [6, 6.07) is 18.4. The molecule has 0 aliphatic carbocycles. The number of hydrogen-bond acceptors (Lipinski definition) is 5. The Bertz CT molecular complexity index is 1360. The summed E-state index contributed by atoms with van der Waals surface area (Å²) in [5, 5.41) is 10.6. The summed E-state index contributed by atoms with van der Waals surface area (Å²) in [5.74, 6) is 0.459. The number of piperidine rings is 1. The van der Waals surface area contributed by atoms with Crippen molar-refractivity contribution in [2.24, 2.45) is 0 Å². The molecule has 2 heterocycles. The first-order chi connectivity index (χ1) is 17.1. The van der Waals surface area contributed by atoms with Crippen molar-refractivity contribution >= 4 is 11.0 Å². The van der Waals surface area contributed by atoms with Gasteiger partial charge >= 0.3 is 5.63 Å². The van der Waals surface area contributed by atoms with E-state index in [1.165, 1.54) is 37.5 Å². The number of fused-ring (bicyclic) bond motifs is 1. The lowest BCUT2D eigenvalue weighted by Crippen LogP contribution is -2.33. The van der Waals surface area contributed by atoms with Gasteiger partial charge in [-0.3, -0.25) is 4.90 Å². The van der Waals surface area contributed by atoms with Crippen molar-refractivity contribution in [2.75, 3.05) is 26.2 Å². The molecule has 35 heavy (non-hydrogen) atoms. The Morgan fingerprint density at radius 3 is 2.43 bits per heavy atom. The van der Waals surface area contributed by atoms with Crippen molar-refractivity contribution < 1.29 is 18.7 Å². The molecule has 3 aromatic carbocycles. The Labute approximate surface area is 203 Å². The SMILES string of the molecule is O=c1oc2cc(O)ccc2c(Cc2ccc(OCCN3CCCCC3)cc2)c1-c1ccc(F)cc1. The average molecular weight is 474 g/mol. The first kappa shape index (κ1) is 23.1. The van der Waals surface area contributed by atoms with E-state index in [1.807, 2.05) is 24.3 Å². The number of phenols is 1. The molecule has 1 N–H and O–H groups in total. The summed E-state index contributed by atoms with van der Waals surface area (Å²) in [6.07, 6.45) is 4.32. The first-order valence-electron chi connectivity index (χ1n) is 12.1. The second-order valence-corrected chi connectivity index (χ2v) is 9.00. The van der Waals surface area contributed by atoms with Crippen LogP contribution in [0.3, 0.4) is 0 Å². The molecule has 0 bridgehead atoms. The molecule has 1 aliphatic heterocycles. The minimum Gasteiger partial charge on any atom is -0.508 e. The molecule has 0 unspecified atom stereocenters. The number of benzene rings is 3. The number of likely N-dealkylation sites (tertiary alicyclic amines) is 1. The molecule has 5 nitrogen and oxygen atoms in total. The summed E-state index contributed by atoms with van der Waals surface area (Å²) in [4.78, 5) is 15.4. The molecule has 0 spiro atoms. The van der Waals surface area contributed by atoms with Gasteiger partial charge in [-0.2, -0.15) is 0 Å². The Balaban J connectivity index is 1.41. The third-order valence-electron chi connectivity index (χ3n) is 6.56. The number of hydrogen-bond donors (Lipinski definition) is 1. The van der Waals surface area contributed by atoms with Gasteiger partial charge in [-0.15, -0.1) is 0 Å². The first-order valence-corrected chi connectivity index (χ1v) is 12.1. The lowest BCUT2D eigenvalue weighted by atomic mass is 9.93. The zero-order chi connectivity index (χ0) is 24.2. The van der Waals surface area contributed by atoms with Crippen LogP contribution in [0.4, 0.5) is 4.39 Å². The van der Waals surface area contributed by atoms with Crippen molar-refractivity contribution in [2.45, 2.75) is 25.7 Å². The monoisotopic (exact) mass is 473 g/mol. The Morgan fingerprint density at radius 1 is 0.943 bits per heavy atom. The molecule has 0 saturated carbocycles. The van der Waals surface area contributed by atoms with Crippen LogP contribution in [0.15, 0.2) is 75.9 Å². The van der Waals surface area contributed by atoms with Crippen molar-refractivity contribution in [3.8, 4) is 22.6 Å². The molecule has 0 atom stereocenters. The highest BCUT2D eigenvalue weighted by Crippen LogP contribution is 2.31. The maximum absolute atomic E-state index is 13.5. The topological polar surface area (TPSA) is 62.9 Å². The summed E-state index contributed by atoms with van der Waals surface area (Å²) in [5.41, 5.74) is 2.53. The highest BCUT2D eigenvalue weighted by atomic mass is 19.1. The minimum atomic E-state index is -0.526. The molecule has 1 aliphatic rings. The van der Waals surface area contributed by atoms with E-state index in [0.29, 0.717) is 29.7 Å². The normalized spacial score (nSPS) is 14.3. The van der Waals surface area contributed by atoms with Gasteiger partial charge in [0.15, 0.2) is 0 Å². The van der Waals surface area contributed by atoms with Crippen LogP contribution in [0.2, 0.25) is 0 Å². The molecular weight excluding hydrogens is 445 g/mol. The number of phenolic OH excluding ortho intramolecular Hbond substituents is 1. The summed E-state index contributed by atoms with van der Waals surface area (Å²) in [6.45, 7) is 3.88. The largest absolute Gasteiger partial charge is 0.508 e. The van der Waals surface area contributed by atoms with Gasteiger partial charge in [-0.05, 0) is 85.4 Å². The molecule has 0 amide bonds. The van der Waals surface area contributed by atoms with Crippen LogP contribution in [0.5, 0.6) is 11.5 Å². The molecule has 1 fully saturated rings. The van der Waals surface area contributed by atoms with E-state index in [2.05, 4.69) is 4.90 Å².